The van der Waals surface area contributed by atoms with Crippen LogP contribution in [0.5, 0.6) is 11.5 Å². The van der Waals surface area contributed by atoms with Gasteiger partial charge in [0, 0.05) is 17.1 Å². The van der Waals surface area contributed by atoms with Gasteiger partial charge in [-0.1, -0.05) is 68.8 Å². The highest BCUT2D eigenvalue weighted by atomic mass is 79.9. The number of unbranched alkanes of at least 4 members (excludes halogenated alkanes) is 5. The summed E-state index contributed by atoms with van der Waals surface area (Å²) >= 11 is 9.84. The van der Waals surface area contributed by atoms with Crippen LogP contribution in [0.1, 0.15) is 56.6 Å². The van der Waals surface area contributed by atoms with Crippen LogP contribution in [0.2, 0.25) is 5.02 Å². The molecule has 0 aromatic heterocycles. The predicted molar refractivity (Wildman–Crippen MR) is 122 cm³/mol. The lowest BCUT2D eigenvalue weighted by molar-refractivity contribution is 0.282. The molecule has 3 nitrogen and oxygen atoms in total. The van der Waals surface area contributed by atoms with Gasteiger partial charge in [-0.2, -0.15) is 0 Å². The molecular formula is C23H31BrClNO2. The fourth-order valence-electron chi connectivity index (χ4n) is 3.04. The normalized spacial score (nSPS) is 10.9. The summed E-state index contributed by atoms with van der Waals surface area (Å²) in [6, 6.07) is 11.8. The Morgan fingerprint density at radius 3 is 2.54 bits per heavy atom. The van der Waals surface area contributed by atoms with Crippen LogP contribution in [0.4, 0.5) is 0 Å². The topological polar surface area (TPSA) is 30.5 Å². The largest absolute Gasteiger partial charge is 0.493 e. The summed E-state index contributed by atoms with van der Waals surface area (Å²) in [6.07, 6.45) is 7.87. The molecule has 5 heteroatoms. The molecule has 0 amide bonds. The summed E-state index contributed by atoms with van der Waals surface area (Å²) < 4.78 is 12.4. The molecule has 0 aliphatic rings. The van der Waals surface area contributed by atoms with Gasteiger partial charge in [-0.05, 0) is 52.7 Å². The van der Waals surface area contributed by atoms with Gasteiger partial charge < -0.3 is 14.8 Å². The summed E-state index contributed by atoms with van der Waals surface area (Å²) in [5.41, 5.74) is 2.11. The van der Waals surface area contributed by atoms with E-state index in [0.717, 1.165) is 28.9 Å². The minimum Gasteiger partial charge on any atom is -0.493 e. The lowest BCUT2D eigenvalue weighted by Gasteiger charge is -2.15. The predicted octanol–water partition coefficient (Wildman–Crippen LogP) is 7.14. The van der Waals surface area contributed by atoms with Gasteiger partial charge in [0.25, 0.3) is 0 Å². The van der Waals surface area contributed by atoms with Crippen molar-refractivity contribution in [1.29, 1.82) is 0 Å². The zero-order valence-electron chi connectivity index (χ0n) is 16.9. The Morgan fingerprint density at radius 2 is 1.79 bits per heavy atom. The number of methoxy groups -OCH3 is 1. The van der Waals surface area contributed by atoms with Crippen LogP contribution in [0.3, 0.4) is 0 Å². The number of rotatable bonds is 13. The van der Waals surface area contributed by atoms with E-state index in [1.54, 1.807) is 7.11 Å². The van der Waals surface area contributed by atoms with Gasteiger partial charge >= 0.3 is 0 Å². The molecule has 0 heterocycles. The van der Waals surface area contributed by atoms with E-state index in [-0.39, 0.29) is 0 Å². The van der Waals surface area contributed by atoms with Gasteiger partial charge in [-0.25, -0.2) is 0 Å². The van der Waals surface area contributed by atoms with Crippen LogP contribution >= 0.6 is 27.5 Å². The summed E-state index contributed by atoms with van der Waals surface area (Å²) in [6.45, 7) is 4.50. The van der Waals surface area contributed by atoms with E-state index >= 15 is 0 Å². The molecule has 0 bridgehead atoms. The Balaban J connectivity index is 1.85. The highest BCUT2D eigenvalue weighted by molar-refractivity contribution is 9.10. The van der Waals surface area contributed by atoms with Crippen molar-refractivity contribution in [3.8, 4) is 11.5 Å². The molecule has 2 aromatic rings. The highest BCUT2D eigenvalue weighted by Crippen LogP contribution is 2.37. The average molecular weight is 469 g/mol. The monoisotopic (exact) mass is 467 g/mol. The number of hydrogen-bond donors (Lipinski definition) is 1. The molecule has 1 N–H and O–H groups in total. The molecule has 0 saturated carbocycles. The number of benzene rings is 2. The van der Waals surface area contributed by atoms with Crippen LogP contribution in [-0.2, 0) is 13.2 Å². The second kappa shape index (κ2) is 13.1. The SMILES string of the molecule is CCCCCCCCNCc1cc(Br)c(OCc2ccccc2Cl)c(OC)c1. The number of hydrogen-bond acceptors (Lipinski definition) is 3. The van der Waals surface area contributed by atoms with Gasteiger partial charge in [0.1, 0.15) is 6.61 Å². The van der Waals surface area contributed by atoms with Crippen molar-refractivity contribution in [1.82, 2.24) is 5.32 Å². The second-order valence-corrected chi connectivity index (χ2v) is 8.20. The molecular weight excluding hydrogens is 438 g/mol. The van der Waals surface area contributed by atoms with E-state index in [9.17, 15) is 0 Å². The van der Waals surface area contributed by atoms with E-state index in [1.807, 2.05) is 30.3 Å². The lowest BCUT2D eigenvalue weighted by atomic mass is 10.1. The number of nitrogens with one attached hydrogen (secondary N) is 1. The van der Waals surface area contributed by atoms with E-state index in [0.29, 0.717) is 17.4 Å². The maximum atomic E-state index is 6.22. The van der Waals surface area contributed by atoms with Crippen molar-refractivity contribution in [3.63, 3.8) is 0 Å². The molecule has 2 rings (SSSR count). The maximum Gasteiger partial charge on any atom is 0.175 e. The molecule has 0 fully saturated rings. The van der Waals surface area contributed by atoms with E-state index in [4.69, 9.17) is 21.1 Å². The minimum atomic E-state index is 0.393. The molecule has 28 heavy (non-hydrogen) atoms. The van der Waals surface area contributed by atoms with Crippen LogP contribution in [0.15, 0.2) is 40.9 Å². The first-order chi connectivity index (χ1) is 13.7. The van der Waals surface area contributed by atoms with E-state index in [1.165, 1.54) is 44.1 Å². The molecule has 154 valence electrons. The highest BCUT2D eigenvalue weighted by Gasteiger charge is 2.12. The smallest absolute Gasteiger partial charge is 0.175 e. The van der Waals surface area contributed by atoms with Crippen LogP contribution in [0, 0.1) is 0 Å². The Labute approximate surface area is 182 Å². The van der Waals surface area contributed by atoms with Crippen molar-refractivity contribution < 1.29 is 9.47 Å². The third-order valence-corrected chi connectivity index (χ3v) is 5.61. The van der Waals surface area contributed by atoms with Gasteiger partial charge in [-0.3, -0.25) is 0 Å². The fraction of sp³-hybridized carbons (Fsp3) is 0.478. The third-order valence-electron chi connectivity index (χ3n) is 4.66. The van der Waals surface area contributed by atoms with Crippen molar-refractivity contribution >= 4 is 27.5 Å². The molecule has 0 unspecified atom stereocenters. The molecule has 0 aliphatic heterocycles. The molecule has 0 radical (unpaired) electrons. The quantitative estimate of drug-likeness (QED) is 0.317. The lowest BCUT2D eigenvalue weighted by Crippen LogP contribution is -2.14. The van der Waals surface area contributed by atoms with Crippen molar-refractivity contribution in [2.45, 2.75) is 58.6 Å². The number of halogens is 2. The average Bonchev–Trinajstić information content (AvgIpc) is 2.70. The first kappa shape index (κ1) is 23.1. The summed E-state index contributed by atoms with van der Waals surface area (Å²) in [4.78, 5) is 0. The van der Waals surface area contributed by atoms with Crippen LogP contribution < -0.4 is 14.8 Å². The Bertz CT molecular complexity index is 724. The van der Waals surface area contributed by atoms with Gasteiger partial charge in [-0.15, -0.1) is 0 Å². The van der Waals surface area contributed by atoms with Crippen molar-refractivity contribution in [2.75, 3.05) is 13.7 Å². The Morgan fingerprint density at radius 1 is 1.04 bits per heavy atom. The Hall–Kier alpha value is -1.23. The molecule has 0 aliphatic carbocycles. The van der Waals surface area contributed by atoms with E-state index < -0.39 is 0 Å². The van der Waals surface area contributed by atoms with Crippen molar-refractivity contribution in [2.24, 2.45) is 0 Å². The fourth-order valence-corrected chi connectivity index (χ4v) is 3.84. The zero-order chi connectivity index (χ0) is 20.2. The maximum absolute atomic E-state index is 6.22. The first-order valence-corrected chi connectivity index (χ1v) is 11.3. The minimum absolute atomic E-state index is 0.393. The Kier molecular flexibility index (Phi) is 10.8. The van der Waals surface area contributed by atoms with Crippen molar-refractivity contribution in [3.05, 3.63) is 57.0 Å². The summed E-state index contributed by atoms with van der Waals surface area (Å²) in [5, 5.41) is 4.22. The van der Waals surface area contributed by atoms with E-state index in [2.05, 4.69) is 34.2 Å². The van der Waals surface area contributed by atoms with Crippen LogP contribution in [0.25, 0.3) is 0 Å². The molecule has 0 saturated heterocycles. The van der Waals surface area contributed by atoms with Gasteiger partial charge in [0.2, 0.25) is 0 Å². The van der Waals surface area contributed by atoms with Gasteiger partial charge in [0.05, 0.1) is 11.6 Å². The molecule has 0 spiro atoms. The van der Waals surface area contributed by atoms with Gasteiger partial charge in [0.15, 0.2) is 11.5 Å². The zero-order valence-corrected chi connectivity index (χ0v) is 19.2. The summed E-state index contributed by atoms with van der Waals surface area (Å²) in [5.74, 6) is 1.42. The second-order valence-electron chi connectivity index (χ2n) is 6.93. The molecule has 2 aromatic carbocycles. The molecule has 0 atom stereocenters. The standard InChI is InChI=1S/C23H31BrClNO2/c1-3-4-5-6-7-10-13-26-16-18-14-20(24)23(22(15-18)27-2)28-17-19-11-8-9-12-21(19)25/h8-9,11-12,14-15,26H,3-7,10,13,16-17H2,1-2H3. The van der Waals surface area contributed by atoms with Crippen LogP contribution in [-0.4, -0.2) is 13.7 Å². The first-order valence-electron chi connectivity index (χ1n) is 10.1. The third kappa shape index (κ3) is 7.65. The number of ether oxygens (including phenoxy) is 2. The summed E-state index contributed by atoms with van der Waals surface area (Å²) in [7, 11) is 1.66.